The van der Waals surface area contributed by atoms with Gasteiger partial charge in [0.2, 0.25) is 0 Å². The SMILES string of the molecule is CCN(CC(=O)O)Cc1ccc(Cl)cc1[N+](=O)[O-]. The fourth-order valence-corrected chi connectivity index (χ4v) is 1.72. The van der Waals surface area contributed by atoms with Gasteiger partial charge in [0.25, 0.3) is 5.69 Å². The third kappa shape index (κ3) is 3.97. The maximum absolute atomic E-state index is 10.9. The van der Waals surface area contributed by atoms with Crippen LogP contribution >= 0.6 is 11.6 Å². The lowest BCUT2D eigenvalue weighted by Gasteiger charge is -2.17. The first-order chi connectivity index (χ1) is 8.43. The van der Waals surface area contributed by atoms with Crippen LogP contribution in [0.2, 0.25) is 5.02 Å². The zero-order valence-corrected chi connectivity index (χ0v) is 10.6. The van der Waals surface area contributed by atoms with Gasteiger partial charge in [0.1, 0.15) is 0 Å². The number of halogens is 1. The highest BCUT2D eigenvalue weighted by Crippen LogP contribution is 2.24. The van der Waals surface area contributed by atoms with E-state index in [-0.39, 0.29) is 23.8 Å². The van der Waals surface area contributed by atoms with Gasteiger partial charge < -0.3 is 5.11 Å². The van der Waals surface area contributed by atoms with E-state index >= 15 is 0 Å². The summed E-state index contributed by atoms with van der Waals surface area (Å²) in [7, 11) is 0. The normalized spacial score (nSPS) is 10.6. The Hall–Kier alpha value is -1.66. The highest BCUT2D eigenvalue weighted by molar-refractivity contribution is 6.30. The summed E-state index contributed by atoms with van der Waals surface area (Å²) in [5.41, 5.74) is 0.360. The number of aliphatic carboxylic acids is 1. The van der Waals surface area contributed by atoms with Crippen molar-refractivity contribution in [2.45, 2.75) is 13.5 Å². The number of hydrogen-bond acceptors (Lipinski definition) is 4. The first-order valence-electron chi connectivity index (χ1n) is 5.31. The van der Waals surface area contributed by atoms with E-state index in [0.717, 1.165) is 0 Å². The third-order valence-corrected chi connectivity index (χ3v) is 2.68. The summed E-state index contributed by atoms with van der Waals surface area (Å²) in [4.78, 5) is 22.6. The molecule has 0 heterocycles. The Morgan fingerprint density at radius 2 is 2.22 bits per heavy atom. The number of carboxylic acid groups (broad SMARTS) is 1. The van der Waals surface area contributed by atoms with Crippen molar-refractivity contribution in [2.75, 3.05) is 13.1 Å². The second-order valence-corrected chi connectivity index (χ2v) is 4.16. The van der Waals surface area contributed by atoms with Crippen LogP contribution in [0.4, 0.5) is 5.69 Å². The molecule has 0 fully saturated rings. The lowest BCUT2D eigenvalue weighted by atomic mass is 10.1. The quantitative estimate of drug-likeness (QED) is 0.634. The minimum atomic E-state index is -0.964. The van der Waals surface area contributed by atoms with Gasteiger partial charge in [-0.25, -0.2) is 0 Å². The number of carbonyl (C=O) groups is 1. The molecular formula is C11H13ClN2O4. The molecule has 0 spiro atoms. The van der Waals surface area contributed by atoms with Crippen molar-refractivity contribution in [3.8, 4) is 0 Å². The number of likely N-dealkylation sites (N-methyl/N-ethyl adjacent to an activating group) is 1. The Balaban J connectivity index is 2.95. The minimum Gasteiger partial charge on any atom is -0.480 e. The van der Waals surface area contributed by atoms with E-state index in [1.165, 1.54) is 6.07 Å². The summed E-state index contributed by atoms with van der Waals surface area (Å²) in [6.45, 7) is 2.34. The summed E-state index contributed by atoms with van der Waals surface area (Å²) < 4.78 is 0. The molecule has 0 amide bonds. The molecule has 7 heteroatoms. The third-order valence-electron chi connectivity index (χ3n) is 2.44. The Labute approximate surface area is 109 Å². The van der Waals surface area contributed by atoms with Gasteiger partial charge in [0.05, 0.1) is 11.5 Å². The number of hydrogen-bond donors (Lipinski definition) is 1. The molecule has 1 aromatic rings. The summed E-state index contributed by atoms with van der Waals surface area (Å²) >= 11 is 5.70. The standard InChI is InChI=1S/C11H13ClN2O4/c1-2-13(7-11(15)16)6-8-3-4-9(12)5-10(8)14(17)18/h3-5H,2,6-7H2,1H3,(H,15,16). The van der Waals surface area contributed by atoms with Crippen LogP contribution in [0, 0.1) is 10.1 Å². The van der Waals surface area contributed by atoms with Gasteiger partial charge in [-0.05, 0) is 18.7 Å². The zero-order chi connectivity index (χ0) is 13.7. The molecular weight excluding hydrogens is 260 g/mol. The molecule has 0 saturated carbocycles. The molecule has 1 aromatic carbocycles. The van der Waals surface area contributed by atoms with Crippen LogP contribution < -0.4 is 0 Å². The monoisotopic (exact) mass is 272 g/mol. The van der Waals surface area contributed by atoms with E-state index in [1.807, 2.05) is 0 Å². The fraction of sp³-hybridized carbons (Fsp3) is 0.364. The molecule has 0 aliphatic carbocycles. The average molecular weight is 273 g/mol. The minimum absolute atomic E-state index is 0.0914. The molecule has 98 valence electrons. The summed E-state index contributed by atoms with van der Waals surface area (Å²) in [5, 5.41) is 19.9. The summed E-state index contributed by atoms with van der Waals surface area (Å²) in [6, 6.07) is 4.37. The fourth-order valence-electron chi connectivity index (χ4n) is 1.55. The predicted octanol–water partition coefficient (Wildman–Crippen LogP) is 2.15. The Morgan fingerprint density at radius 1 is 1.56 bits per heavy atom. The van der Waals surface area contributed by atoms with Crippen molar-refractivity contribution in [3.05, 3.63) is 38.9 Å². The van der Waals surface area contributed by atoms with Gasteiger partial charge in [-0.15, -0.1) is 0 Å². The van der Waals surface area contributed by atoms with Gasteiger partial charge in [0.15, 0.2) is 0 Å². The lowest BCUT2D eigenvalue weighted by molar-refractivity contribution is -0.385. The Bertz CT molecular complexity index is 464. The Morgan fingerprint density at radius 3 is 2.72 bits per heavy atom. The average Bonchev–Trinajstić information content (AvgIpc) is 2.29. The van der Waals surface area contributed by atoms with E-state index < -0.39 is 10.9 Å². The second-order valence-electron chi connectivity index (χ2n) is 3.73. The van der Waals surface area contributed by atoms with Crippen molar-refractivity contribution >= 4 is 23.3 Å². The Kier molecular flexibility index (Phi) is 5.06. The molecule has 0 aliphatic rings. The van der Waals surface area contributed by atoms with Gasteiger partial charge in [-0.2, -0.15) is 0 Å². The summed E-state index contributed by atoms with van der Waals surface area (Å²) in [6.07, 6.45) is 0. The van der Waals surface area contributed by atoms with Gasteiger partial charge in [0, 0.05) is 23.2 Å². The largest absolute Gasteiger partial charge is 0.480 e. The van der Waals surface area contributed by atoms with E-state index in [9.17, 15) is 14.9 Å². The maximum Gasteiger partial charge on any atom is 0.317 e. The van der Waals surface area contributed by atoms with Crippen molar-refractivity contribution in [2.24, 2.45) is 0 Å². The molecule has 1 N–H and O–H groups in total. The number of nitrogens with zero attached hydrogens (tertiary/aromatic N) is 2. The van der Waals surface area contributed by atoms with Crippen LogP contribution in [-0.2, 0) is 11.3 Å². The van der Waals surface area contributed by atoms with Crippen molar-refractivity contribution in [3.63, 3.8) is 0 Å². The van der Waals surface area contributed by atoms with Gasteiger partial charge in [-0.3, -0.25) is 19.8 Å². The van der Waals surface area contributed by atoms with Crippen LogP contribution in [0.15, 0.2) is 18.2 Å². The number of nitro benzene ring substituents is 1. The van der Waals surface area contributed by atoms with Crippen molar-refractivity contribution < 1.29 is 14.8 Å². The number of rotatable bonds is 6. The molecule has 0 atom stereocenters. The topological polar surface area (TPSA) is 83.7 Å². The van der Waals surface area contributed by atoms with E-state index in [2.05, 4.69) is 0 Å². The van der Waals surface area contributed by atoms with Crippen LogP contribution in [0.25, 0.3) is 0 Å². The predicted molar refractivity (Wildman–Crippen MR) is 66.7 cm³/mol. The summed E-state index contributed by atoms with van der Waals surface area (Å²) in [5.74, 6) is -0.964. The molecule has 0 radical (unpaired) electrons. The molecule has 18 heavy (non-hydrogen) atoms. The molecule has 0 aromatic heterocycles. The number of benzene rings is 1. The smallest absolute Gasteiger partial charge is 0.317 e. The number of carboxylic acids is 1. The van der Waals surface area contributed by atoms with Gasteiger partial charge in [-0.1, -0.05) is 18.5 Å². The molecule has 0 aliphatic heterocycles. The highest BCUT2D eigenvalue weighted by atomic mass is 35.5. The van der Waals surface area contributed by atoms with E-state index in [0.29, 0.717) is 12.1 Å². The van der Waals surface area contributed by atoms with Crippen molar-refractivity contribution in [1.82, 2.24) is 4.90 Å². The molecule has 0 unspecified atom stereocenters. The first kappa shape index (κ1) is 14.4. The second kappa shape index (κ2) is 6.32. The molecule has 1 rings (SSSR count). The molecule has 0 bridgehead atoms. The van der Waals surface area contributed by atoms with Crippen LogP contribution in [0.5, 0.6) is 0 Å². The highest BCUT2D eigenvalue weighted by Gasteiger charge is 2.17. The van der Waals surface area contributed by atoms with Crippen molar-refractivity contribution in [1.29, 1.82) is 0 Å². The van der Waals surface area contributed by atoms with Crippen LogP contribution in [0.3, 0.4) is 0 Å². The molecule has 0 saturated heterocycles. The first-order valence-corrected chi connectivity index (χ1v) is 5.68. The van der Waals surface area contributed by atoms with E-state index in [1.54, 1.807) is 24.0 Å². The number of nitro groups is 1. The lowest BCUT2D eigenvalue weighted by Crippen LogP contribution is -2.29. The molecule has 6 nitrogen and oxygen atoms in total. The zero-order valence-electron chi connectivity index (χ0n) is 9.80. The van der Waals surface area contributed by atoms with Crippen LogP contribution in [-0.4, -0.2) is 34.0 Å². The van der Waals surface area contributed by atoms with E-state index in [4.69, 9.17) is 16.7 Å². The maximum atomic E-state index is 10.9. The van der Waals surface area contributed by atoms with Gasteiger partial charge >= 0.3 is 5.97 Å². The van der Waals surface area contributed by atoms with Crippen LogP contribution in [0.1, 0.15) is 12.5 Å².